The van der Waals surface area contributed by atoms with Crippen LogP contribution in [0.3, 0.4) is 0 Å². The topological polar surface area (TPSA) is 55.8 Å². The molecule has 0 unspecified atom stereocenters. The molecule has 0 spiro atoms. The number of carboxylic acids is 1. The summed E-state index contributed by atoms with van der Waals surface area (Å²) in [5, 5.41) is 9.45. The maximum Gasteiger partial charge on any atom is 0.426 e. The molecule has 0 radical (unpaired) electrons. The summed E-state index contributed by atoms with van der Waals surface area (Å²) in [5.41, 5.74) is 1.59. The van der Waals surface area contributed by atoms with Crippen LogP contribution < -0.4 is 4.74 Å². The van der Waals surface area contributed by atoms with Gasteiger partial charge in [0.15, 0.2) is 0 Å². The summed E-state index contributed by atoms with van der Waals surface area (Å²) in [5.74, 6) is -3.30. The van der Waals surface area contributed by atoms with Gasteiger partial charge in [-0.15, -0.1) is 0 Å². The van der Waals surface area contributed by atoms with Gasteiger partial charge in [0.2, 0.25) is 6.10 Å². The van der Waals surface area contributed by atoms with Crippen molar-refractivity contribution in [1.29, 1.82) is 0 Å². The Kier molecular flexibility index (Phi) is 5.62. The van der Waals surface area contributed by atoms with Crippen molar-refractivity contribution in [3.63, 3.8) is 0 Å². The number of rotatable bonds is 5. The molecule has 27 heavy (non-hydrogen) atoms. The number of alkyl halides is 3. The number of benzene rings is 2. The highest BCUT2D eigenvalue weighted by atomic mass is 35.5. The Morgan fingerprint density at radius 2 is 1.93 bits per heavy atom. The van der Waals surface area contributed by atoms with Gasteiger partial charge in [0.1, 0.15) is 11.7 Å². The van der Waals surface area contributed by atoms with Crippen molar-refractivity contribution in [1.82, 2.24) is 0 Å². The Morgan fingerprint density at radius 3 is 2.56 bits per heavy atom. The molecule has 0 fully saturated rings. The molecule has 1 aliphatic rings. The Bertz CT molecular complexity index is 824. The number of hydrogen-bond acceptors (Lipinski definition) is 3. The number of carboxylic acid groups (broad SMARTS) is 1. The second-order valence-corrected chi connectivity index (χ2v) is 6.70. The molecular weight excluding hydrogens is 385 g/mol. The van der Waals surface area contributed by atoms with Crippen LogP contribution in [0.5, 0.6) is 5.75 Å². The SMILES string of the molecule is O=C(O)[C@@H]1Cc2cc(Cl)cc(COCc3ccccc3)c2O[C@@H]1C(F)(F)F. The predicted octanol–water partition coefficient (Wildman–Crippen LogP) is 4.62. The van der Waals surface area contributed by atoms with E-state index < -0.39 is 24.2 Å². The maximum absolute atomic E-state index is 13.3. The van der Waals surface area contributed by atoms with Crippen LogP contribution in [0.25, 0.3) is 0 Å². The fraction of sp³-hybridized carbons (Fsp3) is 0.316. The molecule has 8 heteroatoms. The van der Waals surface area contributed by atoms with Crippen LogP contribution in [-0.4, -0.2) is 23.4 Å². The minimum Gasteiger partial charge on any atom is -0.481 e. The summed E-state index contributed by atoms with van der Waals surface area (Å²) >= 11 is 6.05. The fourth-order valence-electron chi connectivity index (χ4n) is 3.04. The minimum atomic E-state index is -4.80. The standard InChI is InChI=1S/C19H16ClF3O4/c20-14-6-12-8-15(18(24)25)17(19(21,22)23)27-16(12)13(7-14)10-26-9-11-4-2-1-3-5-11/h1-7,15,17H,8-10H2,(H,24,25)/t15-,17+/m1/s1. The first-order valence-electron chi connectivity index (χ1n) is 8.15. The summed E-state index contributed by atoms with van der Waals surface area (Å²) in [4.78, 5) is 11.3. The van der Waals surface area contributed by atoms with Gasteiger partial charge >= 0.3 is 12.1 Å². The van der Waals surface area contributed by atoms with E-state index in [4.69, 9.17) is 26.2 Å². The second kappa shape index (κ2) is 7.78. The highest BCUT2D eigenvalue weighted by Crippen LogP contribution is 2.41. The van der Waals surface area contributed by atoms with Gasteiger partial charge in [-0.2, -0.15) is 13.2 Å². The molecule has 2 atom stereocenters. The van der Waals surface area contributed by atoms with E-state index in [2.05, 4.69) is 0 Å². The fourth-order valence-corrected chi connectivity index (χ4v) is 3.30. The quantitative estimate of drug-likeness (QED) is 0.795. The number of aliphatic carboxylic acids is 1. The first-order valence-corrected chi connectivity index (χ1v) is 8.52. The molecule has 1 aliphatic heterocycles. The average molecular weight is 401 g/mol. The highest BCUT2D eigenvalue weighted by molar-refractivity contribution is 6.30. The molecule has 0 amide bonds. The zero-order valence-electron chi connectivity index (χ0n) is 14.0. The summed E-state index contributed by atoms with van der Waals surface area (Å²) in [6.07, 6.45) is -7.54. The number of fused-ring (bicyclic) bond motifs is 1. The average Bonchev–Trinajstić information content (AvgIpc) is 2.60. The lowest BCUT2D eigenvalue weighted by Gasteiger charge is -2.33. The van der Waals surface area contributed by atoms with Crippen molar-refractivity contribution in [2.75, 3.05) is 0 Å². The van der Waals surface area contributed by atoms with Crippen LogP contribution in [-0.2, 0) is 29.2 Å². The molecule has 0 bridgehead atoms. The number of halogens is 4. The van der Waals surface area contributed by atoms with Crippen LogP contribution >= 0.6 is 11.6 Å². The van der Waals surface area contributed by atoms with E-state index in [9.17, 15) is 18.0 Å². The summed E-state index contributed by atoms with van der Waals surface area (Å²) in [6.45, 7) is 0.253. The van der Waals surface area contributed by atoms with Crippen LogP contribution in [0.4, 0.5) is 13.2 Å². The second-order valence-electron chi connectivity index (χ2n) is 6.26. The minimum absolute atomic E-state index is 0.00714. The Balaban J connectivity index is 1.84. The normalized spacial score (nSPS) is 19.3. The van der Waals surface area contributed by atoms with Crippen molar-refractivity contribution in [3.05, 3.63) is 64.2 Å². The molecule has 4 nitrogen and oxygen atoms in total. The van der Waals surface area contributed by atoms with E-state index in [1.807, 2.05) is 30.3 Å². The highest BCUT2D eigenvalue weighted by Gasteiger charge is 2.52. The molecule has 2 aromatic rings. The zero-order chi connectivity index (χ0) is 19.6. The van der Waals surface area contributed by atoms with E-state index in [0.717, 1.165) is 5.56 Å². The summed E-state index contributed by atoms with van der Waals surface area (Å²) < 4.78 is 50.6. The van der Waals surface area contributed by atoms with Crippen molar-refractivity contribution in [2.45, 2.75) is 31.9 Å². The molecule has 0 saturated carbocycles. The molecule has 144 valence electrons. The number of carbonyl (C=O) groups is 1. The lowest BCUT2D eigenvalue weighted by atomic mass is 9.89. The van der Waals surface area contributed by atoms with Gasteiger partial charge < -0.3 is 14.6 Å². The first-order chi connectivity index (χ1) is 12.8. The first kappa shape index (κ1) is 19.5. The van der Waals surface area contributed by atoms with Crippen molar-refractivity contribution in [3.8, 4) is 5.75 Å². The zero-order valence-corrected chi connectivity index (χ0v) is 14.8. The summed E-state index contributed by atoms with van der Waals surface area (Å²) in [7, 11) is 0. The van der Waals surface area contributed by atoms with E-state index in [1.165, 1.54) is 12.1 Å². The maximum atomic E-state index is 13.3. The van der Waals surface area contributed by atoms with Gasteiger partial charge in [0.05, 0.1) is 13.2 Å². The van der Waals surface area contributed by atoms with Crippen LogP contribution in [0.2, 0.25) is 5.02 Å². The third-order valence-electron chi connectivity index (χ3n) is 4.27. The van der Waals surface area contributed by atoms with E-state index in [1.54, 1.807) is 0 Å². The number of ether oxygens (including phenoxy) is 2. The third kappa shape index (κ3) is 4.54. The smallest absolute Gasteiger partial charge is 0.426 e. The van der Waals surface area contributed by atoms with E-state index in [0.29, 0.717) is 11.1 Å². The summed E-state index contributed by atoms with van der Waals surface area (Å²) in [6, 6.07) is 12.2. The molecule has 0 aromatic heterocycles. The van der Waals surface area contributed by atoms with Gasteiger partial charge in [-0.1, -0.05) is 41.9 Å². The third-order valence-corrected chi connectivity index (χ3v) is 4.48. The van der Waals surface area contributed by atoms with Gasteiger partial charge in [-0.25, -0.2) is 0 Å². The van der Waals surface area contributed by atoms with Gasteiger partial charge in [0.25, 0.3) is 0 Å². The van der Waals surface area contributed by atoms with Gasteiger partial charge in [-0.3, -0.25) is 4.79 Å². The lowest BCUT2D eigenvalue weighted by molar-refractivity contribution is -0.217. The Labute approximate surface area is 158 Å². The largest absolute Gasteiger partial charge is 0.481 e. The molecule has 3 rings (SSSR count). The molecule has 2 aromatic carbocycles. The van der Waals surface area contributed by atoms with Crippen molar-refractivity contribution < 1.29 is 32.5 Å². The van der Waals surface area contributed by atoms with Gasteiger partial charge in [-0.05, 0) is 29.7 Å². The number of hydrogen-bond donors (Lipinski definition) is 1. The molecule has 0 aliphatic carbocycles. The van der Waals surface area contributed by atoms with E-state index >= 15 is 0 Å². The molecule has 1 heterocycles. The molecule has 0 saturated heterocycles. The van der Waals surface area contributed by atoms with Gasteiger partial charge in [0, 0.05) is 10.6 Å². The molecule has 1 N–H and O–H groups in total. The van der Waals surface area contributed by atoms with E-state index in [-0.39, 0.29) is 30.4 Å². The van der Waals surface area contributed by atoms with Crippen molar-refractivity contribution >= 4 is 17.6 Å². The van der Waals surface area contributed by atoms with Crippen LogP contribution in [0.15, 0.2) is 42.5 Å². The van der Waals surface area contributed by atoms with Crippen LogP contribution in [0, 0.1) is 5.92 Å². The monoisotopic (exact) mass is 400 g/mol. The predicted molar refractivity (Wildman–Crippen MR) is 91.7 cm³/mol. The lowest BCUT2D eigenvalue weighted by Crippen LogP contribution is -2.47. The van der Waals surface area contributed by atoms with Crippen molar-refractivity contribution in [2.24, 2.45) is 5.92 Å². The molecular formula is C19H16ClF3O4. The van der Waals surface area contributed by atoms with Crippen LogP contribution in [0.1, 0.15) is 16.7 Å². The Hall–Kier alpha value is -2.25. The Morgan fingerprint density at radius 1 is 1.22 bits per heavy atom.